The number of anilines is 1. The van der Waals surface area contributed by atoms with Crippen LogP contribution in [0.3, 0.4) is 0 Å². The number of methoxy groups -OCH3 is 1. The lowest BCUT2D eigenvalue weighted by Crippen LogP contribution is -2.35. The Morgan fingerprint density at radius 2 is 1.87 bits per heavy atom. The van der Waals surface area contributed by atoms with Gasteiger partial charge in [0.15, 0.2) is 0 Å². The quantitative estimate of drug-likeness (QED) is 0.670. The monoisotopic (exact) mass is 310 g/mol. The molecule has 2 amide bonds. The summed E-state index contributed by atoms with van der Waals surface area (Å²) in [6.07, 6.45) is 1.36. The van der Waals surface area contributed by atoms with E-state index in [0.29, 0.717) is 17.0 Å². The van der Waals surface area contributed by atoms with Crippen LogP contribution in [0.15, 0.2) is 54.1 Å². The molecule has 1 fully saturated rings. The fraction of sp³-hybridized carbons (Fsp3) is 0.0588. The molecular formula is C17H14N2O4. The number of aromatic hydroxyl groups is 1. The van der Waals surface area contributed by atoms with E-state index in [-0.39, 0.29) is 11.3 Å². The van der Waals surface area contributed by atoms with Crippen LogP contribution in [0.25, 0.3) is 6.08 Å². The second kappa shape index (κ2) is 5.84. The van der Waals surface area contributed by atoms with E-state index in [1.807, 2.05) is 6.07 Å². The molecule has 0 radical (unpaired) electrons. The zero-order valence-electron chi connectivity index (χ0n) is 12.3. The predicted molar refractivity (Wildman–Crippen MR) is 84.7 cm³/mol. The van der Waals surface area contributed by atoms with Crippen molar-refractivity contribution < 1.29 is 19.4 Å². The molecule has 2 N–H and O–H groups in total. The predicted octanol–water partition coefficient (Wildman–Crippen LogP) is 1.86. The van der Waals surface area contributed by atoms with Gasteiger partial charge in [-0.3, -0.25) is 15.0 Å². The van der Waals surface area contributed by atoms with Gasteiger partial charge in [-0.2, -0.15) is 0 Å². The number of benzene rings is 2. The van der Waals surface area contributed by atoms with E-state index in [0.717, 1.165) is 0 Å². The van der Waals surface area contributed by atoms with Crippen LogP contribution in [-0.2, 0) is 9.59 Å². The summed E-state index contributed by atoms with van der Waals surface area (Å²) >= 11 is 0. The van der Waals surface area contributed by atoms with E-state index < -0.39 is 11.8 Å². The van der Waals surface area contributed by atoms with Crippen molar-refractivity contribution in [1.82, 2.24) is 5.43 Å². The second-order valence-electron chi connectivity index (χ2n) is 4.90. The van der Waals surface area contributed by atoms with Crippen molar-refractivity contribution in [2.75, 3.05) is 12.1 Å². The zero-order valence-corrected chi connectivity index (χ0v) is 12.3. The van der Waals surface area contributed by atoms with Crippen molar-refractivity contribution in [2.45, 2.75) is 0 Å². The fourth-order valence-electron chi connectivity index (χ4n) is 2.24. The lowest BCUT2D eigenvalue weighted by Gasteiger charge is -2.13. The van der Waals surface area contributed by atoms with Crippen LogP contribution < -0.4 is 15.2 Å². The first-order valence-electron chi connectivity index (χ1n) is 6.89. The number of rotatable bonds is 3. The summed E-state index contributed by atoms with van der Waals surface area (Å²) in [5.74, 6) is -0.584. The number of phenols is 1. The van der Waals surface area contributed by atoms with Crippen molar-refractivity contribution in [1.29, 1.82) is 0 Å². The molecule has 1 aliphatic rings. The van der Waals surface area contributed by atoms with Gasteiger partial charge in [-0.15, -0.1) is 0 Å². The normalized spacial score (nSPS) is 15.9. The summed E-state index contributed by atoms with van der Waals surface area (Å²) in [6.45, 7) is 0. The first-order chi connectivity index (χ1) is 11.1. The van der Waals surface area contributed by atoms with E-state index >= 15 is 0 Å². The molecule has 0 unspecified atom stereocenters. The highest BCUT2D eigenvalue weighted by molar-refractivity contribution is 6.31. The van der Waals surface area contributed by atoms with Crippen LogP contribution in [0.4, 0.5) is 5.69 Å². The Balaban J connectivity index is 1.94. The number of para-hydroxylation sites is 1. The van der Waals surface area contributed by atoms with Gasteiger partial charge in [0.1, 0.15) is 17.1 Å². The van der Waals surface area contributed by atoms with Crippen LogP contribution in [0, 0.1) is 0 Å². The Labute approximate surface area is 132 Å². The maximum absolute atomic E-state index is 12.4. The Morgan fingerprint density at radius 3 is 2.52 bits per heavy atom. The molecule has 1 aliphatic heterocycles. The number of hydrogen-bond donors (Lipinski definition) is 2. The molecular weight excluding hydrogens is 296 g/mol. The topological polar surface area (TPSA) is 78.9 Å². The lowest BCUT2D eigenvalue weighted by molar-refractivity contribution is -0.117. The maximum Gasteiger partial charge on any atom is 0.282 e. The molecule has 2 aromatic rings. The molecule has 6 heteroatoms. The van der Waals surface area contributed by atoms with Gasteiger partial charge in [-0.25, -0.2) is 5.01 Å². The van der Waals surface area contributed by atoms with Crippen LogP contribution >= 0.6 is 0 Å². The Morgan fingerprint density at radius 1 is 1.13 bits per heavy atom. The van der Waals surface area contributed by atoms with Crippen molar-refractivity contribution >= 4 is 23.6 Å². The Hall–Kier alpha value is -3.28. The molecule has 3 rings (SSSR count). The van der Waals surface area contributed by atoms with Gasteiger partial charge in [-0.1, -0.05) is 18.2 Å². The highest BCUT2D eigenvalue weighted by Crippen LogP contribution is 2.27. The van der Waals surface area contributed by atoms with Crippen molar-refractivity contribution in [3.63, 3.8) is 0 Å². The first kappa shape index (κ1) is 14.6. The van der Waals surface area contributed by atoms with E-state index in [1.165, 1.54) is 24.3 Å². The van der Waals surface area contributed by atoms with Gasteiger partial charge >= 0.3 is 0 Å². The second-order valence-corrected chi connectivity index (χ2v) is 4.90. The largest absolute Gasteiger partial charge is 0.507 e. The minimum atomic E-state index is -0.519. The van der Waals surface area contributed by atoms with Crippen LogP contribution in [0.5, 0.6) is 11.5 Å². The van der Waals surface area contributed by atoms with E-state index in [1.54, 1.807) is 36.4 Å². The van der Waals surface area contributed by atoms with Crippen molar-refractivity contribution in [3.05, 3.63) is 59.7 Å². The van der Waals surface area contributed by atoms with Crippen LogP contribution in [0.2, 0.25) is 0 Å². The molecule has 0 bridgehead atoms. The third-order valence-electron chi connectivity index (χ3n) is 3.44. The molecule has 0 aliphatic carbocycles. The molecule has 0 aromatic heterocycles. The van der Waals surface area contributed by atoms with Crippen LogP contribution in [0.1, 0.15) is 5.56 Å². The Kier molecular flexibility index (Phi) is 3.72. The SMILES string of the molecule is COc1ccc(C=C2C(=O)NN(c3ccccc3)C2=O)c(O)c1. The minimum Gasteiger partial charge on any atom is -0.507 e. The van der Waals surface area contributed by atoms with E-state index in [2.05, 4.69) is 5.43 Å². The zero-order chi connectivity index (χ0) is 16.4. The molecule has 116 valence electrons. The number of carbonyl (C=O) groups excluding carboxylic acids is 2. The molecule has 23 heavy (non-hydrogen) atoms. The van der Waals surface area contributed by atoms with Crippen LogP contribution in [-0.4, -0.2) is 24.0 Å². The number of carbonyl (C=O) groups is 2. The molecule has 0 spiro atoms. The van der Waals surface area contributed by atoms with Gasteiger partial charge in [0, 0.05) is 11.6 Å². The van der Waals surface area contributed by atoms with Crippen molar-refractivity contribution in [2.24, 2.45) is 0 Å². The molecule has 0 atom stereocenters. The maximum atomic E-state index is 12.4. The third-order valence-corrected chi connectivity index (χ3v) is 3.44. The number of phenolic OH excluding ortho intramolecular Hbond substituents is 1. The minimum absolute atomic E-state index is 0.0469. The molecule has 0 saturated carbocycles. The summed E-state index contributed by atoms with van der Waals surface area (Å²) in [5, 5.41) is 11.1. The number of hydrazine groups is 1. The number of ether oxygens (including phenoxy) is 1. The molecule has 1 heterocycles. The summed E-state index contributed by atoms with van der Waals surface area (Å²) < 4.78 is 5.00. The molecule has 6 nitrogen and oxygen atoms in total. The Bertz CT molecular complexity index is 799. The summed E-state index contributed by atoms with van der Waals surface area (Å²) in [4.78, 5) is 24.5. The lowest BCUT2D eigenvalue weighted by atomic mass is 10.1. The summed E-state index contributed by atoms with van der Waals surface area (Å²) in [6, 6.07) is 13.4. The van der Waals surface area contributed by atoms with Gasteiger partial charge in [-0.05, 0) is 30.3 Å². The van der Waals surface area contributed by atoms with Gasteiger partial charge < -0.3 is 9.84 Å². The molecule has 1 saturated heterocycles. The van der Waals surface area contributed by atoms with E-state index in [9.17, 15) is 14.7 Å². The average Bonchev–Trinajstić information content (AvgIpc) is 2.85. The van der Waals surface area contributed by atoms with Gasteiger partial charge in [0.25, 0.3) is 11.8 Å². The number of nitrogens with one attached hydrogen (secondary N) is 1. The summed E-state index contributed by atoms with van der Waals surface area (Å²) in [5.41, 5.74) is 3.38. The van der Waals surface area contributed by atoms with Crippen molar-refractivity contribution in [3.8, 4) is 11.5 Å². The highest BCUT2D eigenvalue weighted by Gasteiger charge is 2.34. The first-order valence-corrected chi connectivity index (χ1v) is 6.89. The smallest absolute Gasteiger partial charge is 0.282 e. The van der Waals surface area contributed by atoms with E-state index in [4.69, 9.17) is 4.74 Å². The number of amides is 2. The van der Waals surface area contributed by atoms with Gasteiger partial charge in [0.2, 0.25) is 0 Å². The highest BCUT2D eigenvalue weighted by atomic mass is 16.5. The number of hydrogen-bond acceptors (Lipinski definition) is 4. The average molecular weight is 310 g/mol. The summed E-state index contributed by atoms with van der Waals surface area (Å²) in [7, 11) is 1.48. The molecule has 2 aromatic carbocycles. The fourth-order valence-corrected chi connectivity index (χ4v) is 2.24. The number of nitrogens with zero attached hydrogens (tertiary/aromatic N) is 1. The third kappa shape index (κ3) is 2.74. The standard InChI is InChI=1S/C17H14N2O4/c1-23-13-8-7-11(15(20)10-13)9-14-16(21)18-19(17(14)22)12-5-3-2-4-6-12/h2-10,20H,1H3,(H,18,21). The van der Waals surface area contributed by atoms with Gasteiger partial charge in [0.05, 0.1) is 12.8 Å².